The molecule has 1 heterocycles. The van der Waals surface area contributed by atoms with Crippen molar-refractivity contribution in [3.63, 3.8) is 0 Å². The van der Waals surface area contributed by atoms with E-state index in [4.69, 9.17) is 4.42 Å². The monoisotopic (exact) mass is 334 g/mol. The highest BCUT2D eigenvalue weighted by atomic mass is 79.9. The first-order chi connectivity index (χ1) is 8.54. The van der Waals surface area contributed by atoms with E-state index in [2.05, 4.69) is 26.0 Å². The average molecular weight is 335 g/mol. The molecule has 0 bridgehead atoms. The van der Waals surface area contributed by atoms with Crippen molar-refractivity contribution in [3.8, 4) is 0 Å². The lowest BCUT2D eigenvalue weighted by molar-refractivity contribution is 0.460. The van der Waals surface area contributed by atoms with Gasteiger partial charge in [-0.05, 0) is 41.6 Å². The van der Waals surface area contributed by atoms with Gasteiger partial charge in [-0.2, -0.15) is 0 Å². The van der Waals surface area contributed by atoms with Crippen LogP contribution in [0.3, 0.4) is 0 Å². The van der Waals surface area contributed by atoms with E-state index in [1.807, 2.05) is 0 Å². The van der Waals surface area contributed by atoms with E-state index in [0.29, 0.717) is 18.3 Å². The zero-order valence-electron chi connectivity index (χ0n) is 9.78. The van der Waals surface area contributed by atoms with E-state index in [0.717, 1.165) is 12.8 Å². The molecular weight excluding hydrogens is 320 g/mol. The number of sulfonamides is 1. The van der Waals surface area contributed by atoms with Crippen molar-refractivity contribution in [1.82, 2.24) is 10.0 Å². The van der Waals surface area contributed by atoms with Crippen LogP contribution in [0.15, 0.2) is 20.0 Å². The van der Waals surface area contributed by atoms with Crippen LogP contribution in [-0.4, -0.2) is 20.5 Å². The Hall–Kier alpha value is -0.370. The predicted octanol–water partition coefficient (Wildman–Crippen LogP) is 1.73. The fraction of sp³-hybridized carbons (Fsp3) is 0.636. The zero-order valence-corrected chi connectivity index (χ0v) is 12.2. The number of rotatable bonds is 6. The molecule has 0 amide bonds. The van der Waals surface area contributed by atoms with Crippen LogP contribution in [0.1, 0.15) is 31.4 Å². The largest absolute Gasteiger partial charge is 0.452 e. The van der Waals surface area contributed by atoms with Crippen LogP contribution in [0.4, 0.5) is 0 Å². The molecule has 2 fully saturated rings. The van der Waals surface area contributed by atoms with Crippen molar-refractivity contribution >= 4 is 26.0 Å². The second kappa shape index (κ2) is 4.63. The maximum Gasteiger partial charge on any atom is 0.245 e. The van der Waals surface area contributed by atoms with Gasteiger partial charge < -0.3 is 9.73 Å². The lowest BCUT2D eigenvalue weighted by atomic mass is 10.4. The molecule has 3 rings (SSSR count). The third kappa shape index (κ3) is 2.96. The van der Waals surface area contributed by atoms with E-state index in [1.54, 1.807) is 6.07 Å². The van der Waals surface area contributed by atoms with Gasteiger partial charge in [0.2, 0.25) is 10.0 Å². The molecule has 5 nitrogen and oxygen atoms in total. The summed E-state index contributed by atoms with van der Waals surface area (Å²) in [5, 5.41) is 3.29. The minimum absolute atomic E-state index is 0.102. The molecule has 0 spiro atoms. The van der Waals surface area contributed by atoms with E-state index in [1.165, 1.54) is 12.8 Å². The lowest BCUT2D eigenvalue weighted by Crippen LogP contribution is -2.25. The second-order valence-corrected chi connectivity index (χ2v) is 7.30. The Morgan fingerprint density at radius 1 is 1.28 bits per heavy atom. The molecule has 0 saturated heterocycles. The summed E-state index contributed by atoms with van der Waals surface area (Å²) in [5.74, 6) is 0.643. The van der Waals surface area contributed by atoms with Crippen LogP contribution in [-0.2, 0) is 16.6 Å². The Labute approximate surface area is 114 Å². The fourth-order valence-electron chi connectivity index (χ4n) is 1.68. The summed E-state index contributed by atoms with van der Waals surface area (Å²) in [4.78, 5) is 0.196. The molecular formula is C11H15BrN2O3S. The zero-order chi connectivity index (χ0) is 12.8. The Balaban J connectivity index is 1.73. The first kappa shape index (κ1) is 12.7. The Bertz CT molecular complexity index is 547. The highest BCUT2D eigenvalue weighted by Crippen LogP contribution is 2.29. The SMILES string of the molecule is O=S(=O)(NC1CC1)c1cc(CNC2CC2)oc1Br. The molecule has 0 aliphatic heterocycles. The van der Waals surface area contributed by atoms with Gasteiger partial charge in [0.05, 0.1) is 6.54 Å². The molecule has 1 aromatic rings. The van der Waals surface area contributed by atoms with Gasteiger partial charge in [0.25, 0.3) is 0 Å². The molecule has 7 heteroatoms. The van der Waals surface area contributed by atoms with Crippen molar-refractivity contribution in [2.45, 2.75) is 49.2 Å². The van der Waals surface area contributed by atoms with Crippen LogP contribution < -0.4 is 10.0 Å². The Morgan fingerprint density at radius 2 is 1.94 bits per heavy atom. The highest BCUT2D eigenvalue weighted by molar-refractivity contribution is 9.10. The van der Waals surface area contributed by atoms with Gasteiger partial charge in [-0.25, -0.2) is 13.1 Å². The number of halogens is 1. The van der Waals surface area contributed by atoms with Crippen molar-refractivity contribution in [3.05, 3.63) is 16.5 Å². The maximum absolute atomic E-state index is 12.0. The van der Waals surface area contributed by atoms with Gasteiger partial charge >= 0.3 is 0 Å². The van der Waals surface area contributed by atoms with Gasteiger partial charge in [0.15, 0.2) is 4.67 Å². The molecule has 100 valence electrons. The first-order valence-corrected chi connectivity index (χ1v) is 8.36. The van der Waals surface area contributed by atoms with Crippen LogP contribution in [0, 0.1) is 0 Å². The number of hydrogen-bond acceptors (Lipinski definition) is 4. The summed E-state index contributed by atoms with van der Waals surface area (Å²) in [6.45, 7) is 0.572. The van der Waals surface area contributed by atoms with Gasteiger partial charge in [0, 0.05) is 18.2 Å². The van der Waals surface area contributed by atoms with E-state index in [9.17, 15) is 8.42 Å². The second-order valence-electron chi connectivity index (χ2n) is 4.90. The normalized spacial score (nSPS) is 20.3. The summed E-state index contributed by atoms with van der Waals surface area (Å²) in [5.41, 5.74) is 0. The average Bonchev–Trinajstić information content (AvgIpc) is 3.18. The van der Waals surface area contributed by atoms with Gasteiger partial charge in [-0.1, -0.05) is 0 Å². The first-order valence-electron chi connectivity index (χ1n) is 6.08. The quantitative estimate of drug-likeness (QED) is 0.831. The standard InChI is InChI=1S/C11H15BrN2O3S/c12-11-10(18(15,16)14-8-3-4-8)5-9(17-11)6-13-7-1-2-7/h5,7-8,13-14H,1-4,6H2. The molecule has 0 radical (unpaired) electrons. The molecule has 0 aromatic carbocycles. The van der Waals surface area contributed by atoms with E-state index in [-0.39, 0.29) is 15.6 Å². The summed E-state index contributed by atoms with van der Waals surface area (Å²) in [6.07, 6.45) is 4.22. The van der Waals surface area contributed by atoms with Gasteiger partial charge in [-0.3, -0.25) is 0 Å². The number of nitrogens with one attached hydrogen (secondary N) is 2. The van der Waals surface area contributed by atoms with Crippen LogP contribution >= 0.6 is 15.9 Å². The predicted molar refractivity (Wildman–Crippen MR) is 69.6 cm³/mol. The van der Waals surface area contributed by atoms with Crippen molar-refractivity contribution < 1.29 is 12.8 Å². The summed E-state index contributed by atoms with van der Waals surface area (Å²) in [7, 11) is -3.45. The summed E-state index contributed by atoms with van der Waals surface area (Å²) < 4.78 is 32.4. The lowest BCUT2D eigenvalue weighted by Gasteiger charge is -2.01. The molecule has 2 N–H and O–H groups in total. The Kier molecular flexibility index (Phi) is 3.25. The van der Waals surface area contributed by atoms with Crippen LogP contribution in [0.25, 0.3) is 0 Å². The molecule has 0 unspecified atom stereocenters. The maximum atomic E-state index is 12.0. The minimum Gasteiger partial charge on any atom is -0.452 e. The fourth-order valence-corrected chi connectivity index (χ4v) is 3.99. The summed E-state index contributed by atoms with van der Waals surface area (Å²) in [6, 6.07) is 2.26. The molecule has 18 heavy (non-hydrogen) atoms. The van der Waals surface area contributed by atoms with Crippen LogP contribution in [0.5, 0.6) is 0 Å². The number of hydrogen-bond donors (Lipinski definition) is 2. The van der Waals surface area contributed by atoms with Gasteiger partial charge in [-0.15, -0.1) is 0 Å². The molecule has 2 aliphatic rings. The smallest absolute Gasteiger partial charge is 0.245 e. The minimum atomic E-state index is -3.45. The highest BCUT2D eigenvalue weighted by Gasteiger charge is 2.31. The molecule has 0 atom stereocenters. The van der Waals surface area contributed by atoms with E-state index >= 15 is 0 Å². The third-order valence-corrected chi connectivity index (χ3v) is 5.41. The molecule has 2 aliphatic carbocycles. The molecule has 2 saturated carbocycles. The van der Waals surface area contributed by atoms with Crippen molar-refractivity contribution in [2.75, 3.05) is 0 Å². The Morgan fingerprint density at radius 3 is 2.56 bits per heavy atom. The van der Waals surface area contributed by atoms with Gasteiger partial charge in [0.1, 0.15) is 10.7 Å². The van der Waals surface area contributed by atoms with Crippen LogP contribution in [0.2, 0.25) is 0 Å². The third-order valence-electron chi connectivity index (χ3n) is 3.04. The van der Waals surface area contributed by atoms with Crippen molar-refractivity contribution in [2.24, 2.45) is 0 Å². The number of furan rings is 1. The van der Waals surface area contributed by atoms with E-state index < -0.39 is 10.0 Å². The molecule has 1 aromatic heterocycles. The summed E-state index contributed by atoms with van der Waals surface area (Å²) >= 11 is 3.17. The topological polar surface area (TPSA) is 71.3 Å². The van der Waals surface area contributed by atoms with Crippen molar-refractivity contribution in [1.29, 1.82) is 0 Å².